The maximum atomic E-state index is 11.3. The molecule has 0 fully saturated rings. The standard InChI is InChI=1S/C13H18ClNO3/c1-4-18-13(16)7-9(2)15-10-5-6-12(17-3)11(14)8-10/h5-6,8-9,15H,4,7H2,1-3H3. The maximum Gasteiger partial charge on any atom is 0.307 e. The molecule has 0 aliphatic heterocycles. The second kappa shape index (κ2) is 7.11. The summed E-state index contributed by atoms with van der Waals surface area (Å²) >= 11 is 6.01. The number of halogens is 1. The Hall–Kier alpha value is -1.42. The minimum atomic E-state index is -0.211. The Labute approximate surface area is 112 Å². The summed E-state index contributed by atoms with van der Waals surface area (Å²) in [6.07, 6.45) is 0.317. The lowest BCUT2D eigenvalue weighted by molar-refractivity contribution is -0.143. The van der Waals surface area contributed by atoms with Gasteiger partial charge < -0.3 is 14.8 Å². The molecule has 100 valence electrons. The topological polar surface area (TPSA) is 47.6 Å². The second-order valence-corrected chi connectivity index (χ2v) is 4.31. The summed E-state index contributed by atoms with van der Waals surface area (Å²) in [6, 6.07) is 5.38. The van der Waals surface area contributed by atoms with E-state index in [9.17, 15) is 4.79 Å². The summed E-state index contributed by atoms with van der Waals surface area (Å²) in [5.74, 6) is 0.414. The fraction of sp³-hybridized carbons (Fsp3) is 0.462. The van der Waals surface area contributed by atoms with Gasteiger partial charge in [-0.2, -0.15) is 0 Å². The van der Waals surface area contributed by atoms with E-state index in [4.69, 9.17) is 21.1 Å². The molecule has 0 heterocycles. The van der Waals surface area contributed by atoms with Crippen molar-refractivity contribution in [3.05, 3.63) is 23.2 Å². The van der Waals surface area contributed by atoms with Crippen molar-refractivity contribution in [2.45, 2.75) is 26.3 Å². The van der Waals surface area contributed by atoms with Crippen molar-refractivity contribution in [2.75, 3.05) is 19.0 Å². The van der Waals surface area contributed by atoms with Crippen molar-refractivity contribution in [3.8, 4) is 5.75 Å². The monoisotopic (exact) mass is 271 g/mol. The number of methoxy groups -OCH3 is 1. The number of carbonyl (C=O) groups is 1. The van der Waals surface area contributed by atoms with Crippen molar-refractivity contribution in [1.82, 2.24) is 0 Å². The number of carbonyl (C=O) groups excluding carboxylic acids is 1. The minimum Gasteiger partial charge on any atom is -0.495 e. The zero-order valence-corrected chi connectivity index (χ0v) is 11.6. The van der Waals surface area contributed by atoms with Gasteiger partial charge in [-0.25, -0.2) is 0 Å². The van der Waals surface area contributed by atoms with Crippen LogP contribution in [0.2, 0.25) is 5.02 Å². The van der Waals surface area contributed by atoms with E-state index in [1.807, 2.05) is 13.0 Å². The molecule has 0 bridgehead atoms. The molecule has 0 aliphatic rings. The first-order chi connectivity index (χ1) is 8.56. The van der Waals surface area contributed by atoms with E-state index in [1.54, 1.807) is 26.2 Å². The van der Waals surface area contributed by atoms with E-state index in [1.165, 1.54) is 0 Å². The van der Waals surface area contributed by atoms with E-state index in [2.05, 4.69) is 5.32 Å². The van der Waals surface area contributed by atoms with Crippen LogP contribution in [-0.2, 0) is 9.53 Å². The number of esters is 1. The Kier molecular flexibility index (Phi) is 5.78. The van der Waals surface area contributed by atoms with Gasteiger partial charge in [-0.3, -0.25) is 4.79 Å². The highest BCUT2D eigenvalue weighted by atomic mass is 35.5. The van der Waals surface area contributed by atoms with E-state index >= 15 is 0 Å². The number of nitrogens with one attached hydrogen (secondary N) is 1. The van der Waals surface area contributed by atoms with Crippen molar-refractivity contribution in [1.29, 1.82) is 0 Å². The lowest BCUT2D eigenvalue weighted by atomic mass is 10.2. The minimum absolute atomic E-state index is 0.0199. The third kappa shape index (κ3) is 4.45. The van der Waals surface area contributed by atoms with Crippen LogP contribution in [0.25, 0.3) is 0 Å². The predicted octanol–water partition coefficient (Wildman–Crippen LogP) is 3.10. The van der Waals surface area contributed by atoms with Crippen LogP contribution in [0.3, 0.4) is 0 Å². The third-order valence-electron chi connectivity index (χ3n) is 2.34. The molecule has 0 spiro atoms. The summed E-state index contributed by atoms with van der Waals surface area (Å²) in [6.45, 7) is 4.11. The van der Waals surface area contributed by atoms with Crippen molar-refractivity contribution < 1.29 is 14.3 Å². The molecular weight excluding hydrogens is 254 g/mol. The number of hydrogen-bond acceptors (Lipinski definition) is 4. The molecule has 1 aromatic carbocycles. The number of anilines is 1. The van der Waals surface area contributed by atoms with Crippen molar-refractivity contribution in [3.63, 3.8) is 0 Å². The summed E-state index contributed by atoms with van der Waals surface area (Å²) < 4.78 is 9.95. The predicted molar refractivity (Wildman–Crippen MR) is 72.3 cm³/mol. The zero-order valence-electron chi connectivity index (χ0n) is 10.8. The second-order valence-electron chi connectivity index (χ2n) is 3.90. The molecule has 1 N–H and O–H groups in total. The Morgan fingerprint density at radius 3 is 2.78 bits per heavy atom. The highest BCUT2D eigenvalue weighted by molar-refractivity contribution is 6.32. The van der Waals surface area contributed by atoms with E-state index in [0.717, 1.165) is 5.69 Å². The highest BCUT2D eigenvalue weighted by Crippen LogP contribution is 2.27. The van der Waals surface area contributed by atoms with Crippen LogP contribution in [0, 0.1) is 0 Å². The normalized spacial score (nSPS) is 11.8. The van der Waals surface area contributed by atoms with Crippen LogP contribution in [0.4, 0.5) is 5.69 Å². The Balaban J connectivity index is 2.56. The van der Waals surface area contributed by atoms with Crippen LogP contribution in [0.1, 0.15) is 20.3 Å². The molecular formula is C13H18ClNO3. The summed E-state index contributed by atoms with van der Waals surface area (Å²) in [4.78, 5) is 11.3. The van der Waals surface area contributed by atoms with Gasteiger partial charge in [-0.05, 0) is 32.0 Å². The quantitative estimate of drug-likeness (QED) is 0.808. The number of hydrogen-bond donors (Lipinski definition) is 1. The zero-order chi connectivity index (χ0) is 13.5. The molecule has 5 heteroatoms. The highest BCUT2D eigenvalue weighted by Gasteiger charge is 2.10. The van der Waals surface area contributed by atoms with Gasteiger partial charge in [0.2, 0.25) is 0 Å². The average molecular weight is 272 g/mol. The van der Waals surface area contributed by atoms with Crippen molar-refractivity contribution in [2.24, 2.45) is 0 Å². The Bertz CT molecular complexity index is 409. The Morgan fingerprint density at radius 1 is 1.50 bits per heavy atom. The molecule has 0 aliphatic carbocycles. The van der Waals surface area contributed by atoms with Crippen LogP contribution in [0.5, 0.6) is 5.75 Å². The van der Waals surface area contributed by atoms with Gasteiger partial charge in [0.1, 0.15) is 5.75 Å². The van der Waals surface area contributed by atoms with Gasteiger partial charge in [0.25, 0.3) is 0 Å². The molecule has 4 nitrogen and oxygen atoms in total. The number of rotatable bonds is 6. The first kappa shape index (κ1) is 14.6. The number of ether oxygens (including phenoxy) is 2. The SMILES string of the molecule is CCOC(=O)CC(C)Nc1ccc(OC)c(Cl)c1. The largest absolute Gasteiger partial charge is 0.495 e. The molecule has 0 amide bonds. The average Bonchev–Trinajstić information content (AvgIpc) is 2.29. The Morgan fingerprint density at radius 2 is 2.22 bits per heavy atom. The first-order valence-corrected chi connectivity index (χ1v) is 6.20. The van der Waals surface area contributed by atoms with Crippen LogP contribution < -0.4 is 10.1 Å². The summed E-state index contributed by atoms with van der Waals surface area (Å²) in [5, 5.41) is 3.72. The molecule has 0 saturated carbocycles. The fourth-order valence-corrected chi connectivity index (χ4v) is 1.82. The van der Waals surface area contributed by atoms with E-state index in [0.29, 0.717) is 23.8 Å². The smallest absolute Gasteiger partial charge is 0.307 e. The van der Waals surface area contributed by atoms with Gasteiger partial charge in [0.05, 0.1) is 25.2 Å². The van der Waals surface area contributed by atoms with Crippen LogP contribution in [-0.4, -0.2) is 25.7 Å². The lowest BCUT2D eigenvalue weighted by Gasteiger charge is -2.15. The molecule has 18 heavy (non-hydrogen) atoms. The van der Waals surface area contributed by atoms with Gasteiger partial charge in [-0.15, -0.1) is 0 Å². The fourth-order valence-electron chi connectivity index (χ4n) is 1.56. The van der Waals surface area contributed by atoms with E-state index < -0.39 is 0 Å². The maximum absolute atomic E-state index is 11.3. The lowest BCUT2D eigenvalue weighted by Crippen LogP contribution is -2.21. The van der Waals surface area contributed by atoms with Crippen LogP contribution >= 0.6 is 11.6 Å². The molecule has 1 unspecified atom stereocenters. The van der Waals surface area contributed by atoms with E-state index in [-0.39, 0.29) is 12.0 Å². The van der Waals surface area contributed by atoms with Crippen LogP contribution in [0.15, 0.2) is 18.2 Å². The number of benzene rings is 1. The third-order valence-corrected chi connectivity index (χ3v) is 2.64. The molecule has 1 aromatic rings. The summed E-state index contributed by atoms with van der Waals surface area (Å²) in [7, 11) is 1.57. The first-order valence-electron chi connectivity index (χ1n) is 5.82. The van der Waals surface area contributed by atoms with Crippen molar-refractivity contribution >= 4 is 23.3 Å². The molecule has 0 radical (unpaired) electrons. The van der Waals surface area contributed by atoms with Gasteiger partial charge >= 0.3 is 5.97 Å². The molecule has 1 rings (SSSR count). The van der Waals surface area contributed by atoms with Gasteiger partial charge in [-0.1, -0.05) is 11.6 Å². The molecule has 0 aromatic heterocycles. The van der Waals surface area contributed by atoms with Gasteiger partial charge in [0, 0.05) is 11.7 Å². The molecule has 1 atom stereocenters. The summed E-state index contributed by atoms with van der Waals surface area (Å²) in [5.41, 5.74) is 0.845. The molecule has 0 saturated heterocycles. The van der Waals surface area contributed by atoms with Gasteiger partial charge in [0.15, 0.2) is 0 Å².